The van der Waals surface area contributed by atoms with Crippen molar-refractivity contribution in [2.45, 2.75) is 18.4 Å². The maximum atomic E-state index is 12.6. The van der Waals surface area contributed by atoms with Gasteiger partial charge in [-0.3, -0.25) is 14.9 Å². The summed E-state index contributed by atoms with van der Waals surface area (Å²) in [5, 5.41) is 23.3. The topological polar surface area (TPSA) is 119 Å². The third kappa shape index (κ3) is 4.73. The Balaban J connectivity index is 1.53. The average molecular weight is 511 g/mol. The SMILES string of the molecule is O=C(O)C[C@H](NC(=O)OCC1c2ccccc2-c2ccccc21)c1ccc(Br)cc1[N+](=O)[O-]. The number of fused-ring (bicyclic) bond motifs is 3. The fourth-order valence-electron chi connectivity index (χ4n) is 4.17. The van der Waals surface area contributed by atoms with Gasteiger partial charge in [0.2, 0.25) is 0 Å². The summed E-state index contributed by atoms with van der Waals surface area (Å²) in [7, 11) is 0. The third-order valence-electron chi connectivity index (χ3n) is 5.58. The van der Waals surface area contributed by atoms with Gasteiger partial charge in [-0.25, -0.2) is 4.79 Å². The van der Waals surface area contributed by atoms with Crippen molar-refractivity contribution in [1.82, 2.24) is 5.32 Å². The Bertz CT molecular complexity index is 1200. The van der Waals surface area contributed by atoms with E-state index in [2.05, 4.69) is 21.2 Å². The van der Waals surface area contributed by atoms with Crippen molar-refractivity contribution < 1.29 is 24.4 Å². The lowest BCUT2D eigenvalue weighted by molar-refractivity contribution is -0.385. The molecule has 8 nitrogen and oxygen atoms in total. The molecular formula is C24H19BrN2O6. The second kappa shape index (κ2) is 9.41. The molecule has 1 aliphatic carbocycles. The number of hydrogen-bond donors (Lipinski definition) is 2. The van der Waals surface area contributed by atoms with Crippen molar-refractivity contribution in [3.05, 3.63) is 98.0 Å². The highest BCUT2D eigenvalue weighted by molar-refractivity contribution is 9.10. The number of alkyl carbamates (subject to hydrolysis) is 1. The molecule has 0 heterocycles. The first-order valence-corrected chi connectivity index (χ1v) is 10.9. The molecule has 4 rings (SSSR count). The van der Waals surface area contributed by atoms with Crippen LogP contribution in [0.3, 0.4) is 0 Å². The van der Waals surface area contributed by atoms with Crippen LogP contribution in [0.5, 0.6) is 0 Å². The lowest BCUT2D eigenvalue weighted by Crippen LogP contribution is -2.32. The number of nitro benzene ring substituents is 1. The van der Waals surface area contributed by atoms with E-state index in [9.17, 15) is 24.8 Å². The molecule has 0 spiro atoms. The lowest BCUT2D eigenvalue weighted by Gasteiger charge is -2.19. The minimum atomic E-state index is -1.21. The third-order valence-corrected chi connectivity index (χ3v) is 6.07. The normalized spacial score (nSPS) is 13.0. The van der Waals surface area contributed by atoms with Crippen molar-refractivity contribution >= 4 is 33.7 Å². The Kier molecular flexibility index (Phi) is 6.41. The maximum absolute atomic E-state index is 12.6. The van der Waals surface area contributed by atoms with Crippen LogP contribution in [0.2, 0.25) is 0 Å². The number of hydrogen-bond acceptors (Lipinski definition) is 5. The number of rotatable bonds is 7. The summed E-state index contributed by atoms with van der Waals surface area (Å²) in [4.78, 5) is 34.9. The first kappa shape index (κ1) is 22.5. The predicted molar refractivity (Wildman–Crippen MR) is 124 cm³/mol. The lowest BCUT2D eigenvalue weighted by atomic mass is 9.98. The van der Waals surface area contributed by atoms with Gasteiger partial charge in [-0.15, -0.1) is 0 Å². The first-order chi connectivity index (χ1) is 15.8. The highest BCUT2D eigenvalue weighted by atomic mass is 79.9. The number of carbonyl (C=O) groups is 2. The number of carbonyl (C=O) groups excluding carboxylic acids is 1. The van der Waals surface area contributed by atoms with Crippen LogP contribution in [0.15, 0.2) is 71.2 Å². The van der Waals surface area contributed by atoms with Gasteiger partial charge in [0.25, 0.3) is 5.69 Å². The summed E-state index contributed by atoms with van der Waals surface area (Å²) in [5.74, 6) is -1.38. The van der Waals surface area contributed by atoms with Crippen LogP contribution >= 0.6 is 15.9 Å². The Morgan fingerprint density at radius 2 is 1.67 bits per heavy atom. The maximum Gasteiger partial charge on any atom is 0.407 e. The largest absolute Gasteiger partial charge is 0.481 e. The molecule has 0 saturated carbocycles. The van der Waals surface area contributed by atoms with E-state index in [1.165, 1.54) is 12.1 Å². The summed E-state index contributed by atoms with van der Waals surface area (Å²) in [6.45, 7) is 0.0437. The number of carboxylic acid groups (broad SMARTS) is 1. The molecule has 0 fully saturated rings. The van der Waals surface area contributed by atoms with Crippen molar-refractivity contribution in [3.8, 4) is 11.1 Å². The number of nitrogens with zero attached hydrogens (tertiary/aromatic N) is 1. The van der Waals surface area contributed by atoms with Gasteiger partial charge in [-0.2, -0.15) is 0 Å². The fourth-order valence-corrected chi connectivity index (χ4v) is 4.51. The molecule has 3 aromatic carbocycles. The van der Waals surface area contributed by atoms with Gasteiger partial charge < -0.3 is 15.2 Å². The molecule has 2 N–H and O–H groups in total. The van der Waals surface area contributed by atoms with Gasteiger partial charge in [0.05, 0.1) is 22.9 Å². The highest BCUT2D eigenvalue weighted by Crippen LogP contribution is 2.44. The van der Waals surface area contributed by atoms with Gasteiger partial charge in [0, 0.05) is 16.5 Å². The average Bonchev–Trinajstić information content (AvgIpc) is 3.10. The quantitative estimate of drug-likeness (QED) is 0.323. The molecule has 168 valence electrons. The van der Waals surface area contributed by atoms with Crippen LogP contribution in [0.1, 0.15) is 35.1 Å². The molecule has 3 aromatic rings. The van der Waals surface area contributed by atoms with Gasteiger partial charge >= 0.3 is 12.1 Å². The smallest absolute Gasteiger partial charge is 0.407 e. The van der Waals surface area contributed by atoms with Crippen molar-refractivity contribution in [3.63, 3.8) is 0 Å². The Labute approximate surface area is 197 Å². The van der Waals surface area contributed by atoms with E-state index >= 15 is 0 Å². The van der Waals surface area contributed by atoms with Crippen LogP contribution < -0.4 is 5.32 Å². The molecule has 0 saturated heterocycles. The summed E-state index contributed by atoms with van der Waals surface area (Å²) in [5.41, 5.74) is 4.02. The number of nitro groups is 1. The summed E-state index contributed by atoms with van der Waals surface area (Å²) in [6, 6.07) is 18.9. The van der Waals surface area contributed by atoms with Gasteiger partial charge in [-0.1, -0.05) is 64.5 Å². The molecule has 9 heteroatoms. The zero-order chi connectivity index (χ0) is 23.5. The van der Waals surface area contributed by atoms with Crippen LogP contribution in [0.4, 0.5) is 10.5 Å². The second-order valence-electron chi connectivity index (χ2n) is 7.58. The molecule has 1 aliphatic rings. The number of ether oxygens (including phenoxy) is 1. The van der Waals surface area contributed by atoms with Crippen molar-refractivity contribution in [2.75, 3.05) is 6.61 Å². The minimum absolute atomic E-state index is 0.0437. The first-order valence-electron chi connectivity index (χ1n) is 10.1. The minimum Gasteiger partial charge on any atom is -0.481 e. The zero-order valence-corrected chi connectivity index (χ0v) is 18.8. The van der Waals surface area contributed by atoms with E-state index in [0.717, 1.165) is 22.3 Å². The fraction of sp³-hybridized carbons (Fsp3) is 0.167. The number of aliphatic carboxylic acids is 1. The van der Waals surface area contributed by atoms with Gasteiger partial charge in [0.1, 0.15) is 6.61 Å². The number of halogens is 1. The number of nitrogens with one attached hydrogen (secondary N) is 1. The van der Waals surface area contributed by atoms with E-state index in [4.69, 9.17) is 4.74 Å². The van der Waals surface area contributed by atoms with E-state index in [1.54, 1.807) is 6.07 Å². The van der Waals surface area contributed by atoms with E-state index in [1.807, 2.05) is 48.5 Å². The molecule has 0 radical (unpaired) electrons. The standard InChI is InChI=1S/C24H19BrN2O6/c25-14-9-10-19(22(11-14)27(31)32)21(12-23(28)29)26-24(30)33-13-20-17-7-3-1-5-15(17)16-6-2-4-8-18(16)20/h1-11,20-21H,12-13H2,(H,26,30)(H,28,29)/t21-/m0/s1. The number of carboxylic acids is 1. The Morgan fingerprint density at radius 1 is 1.06 bits per heavy atom. The molecular weight excluding hydrogens is 492 g/mol. The number of amides is 1. The van der Waals surface area contributed by atoms with Crippen LogP contribution in [0, 0.1) is 10.1 Å². The van der Waals surface area contributed by atoms with Crippen molar-refractivity contribution in [1.29, 1.82) is 0 Å². The Hall–Kier alpha value is -3.72. The van der Waals surface area contributed by atoms with Crippen LogP contribution in [0.25, 0.3) is 11.1 Å². The van der Waals surface area contributed by atoms with Gasteiger partial charge in [-0.05, 0) is 34.4 Å². The van der Waals surface area contributed by atoms with Gasteiger partial charge in [0.15, 0.2) is 0 Å². The van der Waals surface area contributed by atoms with Crippen LogP contribution in [-0.4, -0.2) is 28.7 Å². The summed E-state index contributed by atoms with van der Waals surface area (Å²) in [6.07, 6.45) is -1.38. The highest BCUT2D eigenvalue weighted by Gasteiger charge is 2.30. The molecule has 0 aromatic heterocycles. The zero-order valence-electron chi connectivity index (χ0n) is 17.2. The van der Waals surface area contributed by atoms with Crippen LogP contribution in [-0.2, 0) is 9.53 Å². The molecule has 0 aliphatic heterocycles. The van der Waals surface area contributed by atoms with Crippen molar-refractivity contribution in [2.24, 2.45) is 0 Å². The summed E-state index contributed by atoms with van der Waals surface area (Å²) < 4.78 is 5.94. The molecule has 1 amide bonds. The Morgan fingerprint density at radius 3 is 2.24 bits per heavy atom. The predicted octanol–water partition coefficient (Wildman–Crippen LogP) is 5.41. The molecule has 0 unspecified atom stereocenters. The molecule has 0 bridgehead atoms. The monoisotopic (exact) mass is 510 g/mol. The summed E-state index contributed by atoms with van der Waals surface area (Å²) >= 11 is 3.17. The second-order valence-corrected chi connectivity index (χ2v) is 8.50. The van der Waals surface area contributed by atoms with E-state index in [0.29, 0.717) is 4.47 Å². The molecule has 33 heavy (non-hydrogen) atoms. The van der Waals surface area contributed by atoms with E-state index < -0.39 is 29.4 Å². The van der Waals surface area contributed by atoms with E-state index in [-0.39, 0.29) is 23.8 Å². The number of benzene rings is 3. The molecule has 1 atom stereocenters.